The normalized spacial score (nSPS) is 22.4. The maximum Gasteiger partial charge on any atom is 0.236 e. The fraction of sp³-hybridized carbons (Fsp3) is 0.941. The number of carbonyl (C=O) groups is 1. The molecule has 116 valence electrons. The predicted molar refractivity (Wildman–Crippen MR) is 83.7 cm³/mol. The molecular formula is C17H32N2O. The number of amides is 1. The number of carbonyl (C=O) groups excluding carboxylic acids is 1. The molecule has 0 unspecified atom stereocenters. The van der Waals surface area contributed by atoms with Crippen LogP contribution < -0.4 is 5.32 Å². The minimum atomic E-state index is 0.308. The van der Waals surface area contributed by atoms with Crippen molar-refractivity contribution in [1.82, 2.24) is 10.2 Å². The zero-order valence-corrected chi connectivity index (χ0v) is 13.4. The van der Waals surface area contributed by atoms with Crippen LogP contribution >= 0.6 is 0 Å². The Morgan fingerprint density at radius 2 is 1.75 bits per heavy atom. The third-order valence-electron chi connectivity index (χ3n) is 4.99. The van der Waals surface area contributed by atoms with E-state index in [0.29, 0.717) is 17.9 Å². The highest BCUT2D eigenvalue weighted by Gasteiger charge is 2.34. The molecule has 3 heteroatoms. The Hall–Kier alpha value is -0.570. The Labute approximate surface area is 124 Å². The first-order chi connectivity index (χ1) is 9.61. The van der Waals surface area contributed by atoms with Gasteiger partial charge in [-0.15, -0.1) is 0 Å². The van der Waals surface area contributed by atoms with Crippen LogP contribution in [0.4, 0.5) is 0 Å². The molecule has 0 atom stereocenters. The van der Waals surface area contributed by atoms with Gasteiger partial charge in [-0.3, -0.25) is 4.79 Å². The summed E-state index contributed by atoms with van der Waals surface area (Å²) in [6.45, 7) is 8.15. The van der Waals surface area contributed by atoms with Gasteiger partial charge in [-0.05, 0) is 49.9 Å². The molecule has 2 aliphatic rings. The van der Waals surface area contributed by atoms with Crippen LogP contribution in [0.2, 0.25) is 0 Å². The lowest BCUT2D eigenvalue weighted by Crippen LogP contribution is -2.43. The number of nitrogens with zero attached hydrogens (tertiary/aromatic N) is 1. The van der Waals surface area contributed by atoms with E-state index in [4.69, 9.17) is 0 Å². The van der Waals surface area contributed by atoms with Gasteiger partial charge in [-0.2, -0.15) is 0 Å². The largest absolute Gasteiger partial charge is 0.342 e. The van der Waals surface area contributed by atoms with E-state index in [1.54, 1.807) is 0 Å². The molecule has 1 saturated carbocycles. The van der Waals surface area contributed by atoms with E-state index in [2.05, 4.69) is 19.2 Å². The average Bonchev–Trinajstić information content (AvgIpc) is 2.87. The molecule has 2 rings (SSSR count). The lowest BCUT2D eigenvalue weighted by atomic mass is 9.78. The highest BCUT2D eigenvalue weighted by atomic mass is 16.2. The van der Waals surface area contributed by atoms with Crippen LogP contribution in [0.5, 0.6) is 0 Å². The van der Waals surface area contributed by atoms with Crippen molar-refractivity contribution < 1.29 is 4.79 Å². The molecule has 1 aliphatic heterocycles. The van der Waals surface area contributed by atoms with Crippen LogP contribution in [0.25, 0.3) is 0 Å². The minimum absolute atomic E-state index is 0.308. The molecule has 2 fully saturated rings. The number of hydrogen-bond acceptors (Lipinski definition) is 2. The van der Waals surface area contributed by atoms with Crippen LogP contribution in [-0.4, -0.2) is 37.0 Å². The van der Waals surface area contributed by atoms with E-state index < -0.39 is 0 Å². The van der Waals surface area contributed by atoms with Crippen LogP contribution in [0.3, 0.4) is 0 Å². The van der Waals surface area contributed by atoms with Gasteiger partial charge in [0.1, 0.15) is 0 Å². The molecule has 0 aromatic carbocycles. The van der Waals surface area contributed by atoms with Crippen molar-refractivity contribution in [2.75, 3.05) is 26.2 Å². The Balaban J connectivity index is 1.74. The summed E-state index contributed by atoms with van der Waals surface area (Å²) >= 11 is 0. The highest BCUT2D eigenvalue weighted by Crippen LogP contribution is 2.42. The number of rotatable bonds is 6. The van der Waals surface area contributed by atoms with E-state index in [9.17, 15) is 4.79 Å². The SMILES string of the molecule is CC(C)CC1(CNCC(=O)N2CCCCC2)CCCC1. The summed E-state index contributed by atoms with van der Waals surface area (Å²) in [5.41, 5.74) is 0.469. The van der Waals surface area contributed by atoms with Gasteiger partial charge < -0.3 is 10.2 Å². The summed E-state index contributed by atoms with van der Waals surface area (Å²) in [4.78, 5) is 14.2. The quantitative estimate of drug-likeness (QED) is 0.810. The van der Waals surface area contributed by atoms with Crippen molar-refractivity contribution in [3.8, 4) is 0 Å². The summed E-state index contributed by atoms with van der Waals surface area (Å²) in [5, 5.41) is 3.48. The Kier molecular flexibility index (Phi) is 5.88. The van der Waals surface area contributed by atoms with Crippen LogP contribution in [0.15, 0.2) is 0 Å². The average molecular weight is 280 g/mol. The van der Waals surface area contributed by atoms with E-state index >= 15 is 0 Å². The van der Waals surface area contributed by atoms with Gasteiger partial charge in [-0.1, -0.05) is 26.7 Å². The fourth-order valence-corrected chi connectivity index (χ4v) is 4.13. The summed E-state index contributed by atoms with van der Waals surface area (Å²) in [7, 11) is 0. The van der Waals surface area contributed by atoms with E-state index in [1.165, 1.54) is 51.4 Å². The van der Waals surface area contributed by atoms with Crippen LogP contribution in [0.1, 0.15) is 65.2 Å². The summed E-state index contributed by atoms with van der Waals surface area (Å²) in [6.07, 6.45) is 10.4. The zero-order chi connectivity index (χ0) is 14.4. The van der Waals surface area contributed by atoms with Crippen molar-refractivity contribution in [2.24, 2.45) is 11.3 Å². The van der Waals surface area contributed by atoms with E-state index in [0.717, 1.165) is 25.6 Å². The van der Waals surface area contributed by atoms with Gasteiger partial charge in [0.15, 0.2) is 0 Å². The van der Waals surface area contributed by atoms with E-state index in [1.807, 2.05) is 4.90 Å². The molecular weight excluding hydrogens is 248 g/mol. The molecule has 3 nitrogen and oxygen atoms in total. The Bertz CT molecular complexity index is 302. The summed E-state index contributed by atoms with van der Waals surface area (Å²) in [6, 6.07) is 0. The second kappa shape index (κ2) is 7.44. The molecule has 0 bridgehead atoms. The number of likely N-dealkylation sites (tertiary alicyclic amines) is 1. The third-order valence-corrected chi connectivity index (χ3v) is 4.99. The number of hydrogen-bond donors (Lipinski definition) is 1. The van der Waals surface area contributed by atoms with E-state index in [-0.39, 0.29) is 0 Å². The number of piperidine rings is 1. The van der Waals surface area contributed by atoms with Crippen molar-refractivity contribution >= 4 is 5.91 Å². The van der Waals surface area contributed by atoms with Crippen molar-refractivity contribution in [1.29, 1.82) is 0 Å². The fourth-order valence-electron chi connectivity index (χ4n) is 4.13. The Morgan fingerprint density at radius 1 is 1.10 bits per heavy atom. The second-order valence-electron chi connectivity index (χ2n) is 7.35. The molecule has 1 heterocycles. The van der Waals surface area contributed by atoms with Gasteiger partial charge in [0, 0.05) is 19.6 Å². The maximum absolute atomic E-state index is 12.2. The Morgan fingerprint density at radius 3 is 2.35 bits per heavy atom. The van der Waals surface area contributed by atoms with Gasteiger partial charge in [-0.25, -0.2) is 0 Å². The lowest BCUT2D eigenvalue weighted by molar-refractivity contribution is -0.131. The van der Waals surface area contributed by atoms with Gasteiger partial charge >= 0.3 is 0 Å². The molecule has 1 saturated heterocycles. The molecule has 0 spiro atoms. The molecule has 20 heavy (non-hydrogen) atoms. The zero-order valence-electron chi connectivity index (χ0n) is 13.4. The molecule has 1 N–H and O–H groups in total. The van der Waals surface area contributed by atoms with Gasteiger partial charge in [0.25, 0.3) is 0 Å². The first-order valence-corrected chi connectivity index (χ1v) is 8.60. The molecule has 1 aliphatic carbocycles. The van der Waals surface area contributed by atoms with Crippen molar-refractivity contribution in [3.63, 3.8) is 0 Å². The topological polar surface area (TPSA) is 32.3 Å². The van der Waals surface area contributed by atoms with Crippen LogP contribution in [0, 0.1) is 11.3 Å². The lowest BCUT2D eigenvalue weighted by Gasteiger charge is -2.32. The molecule has 0 aromatic heterocycles. The predicted octanol–water partition coefficient (Wildman–Crippen LogP) is 3.20. The summed E-state index contributed by atoms with van der Waals surface area (Å²) < 4.78 is 0. The monoisotopic (exact) mass is 280 g/mol. The van der Waals surface area contributed by atoms with Gasteiger partial charge in [0.2, 0.25) is 5.91 Å². The maximum atomic E-state index is 12.2. The summed E-state index contributed by atoms with van der Waals surface area (Å²) in [5.74, 6) is 1.06. The third kappa shape index (κ3) is 4.47. The first kappa shape index (κ1) is 15.8. The molecule has 1 amide bonds. The van der Waals surface area contributed by atoms with Gasteiger partial charge in [0.05, 0.1) is 6.54 Å². The molecule has 0 radical (unpaired) electrons. The second-order valence-corrected chi connectivity index (χ2v) is 7.35. The van der Waals surface area contributed by atoms with Crippen molar-refractivity contribution in [3.05, 3.63) is 0 Å². The van der Waals surface area contributed by atoms with Crippen molar-refractivity contribution in [2.45, 2.75) is 65.2 Å². The highest BCUT2D eigenvalue weighted by molar-refractivity contribution is 5.78. The number of nitrogens with one attached hydrogen (secondary N) is 1. The minimum Gasteiger partial charge on any atom is -0.342 e. The standard InChI is InChI=1S/C17H32N2O/c1-15(2)12-17(8-4-5-9-17)14-18-13-16(20)19-10-6-3-7-11-19/h15,18H,3-14H2,1-2H3. The van der Waals surface area contributed by atoms with Crippen LogP contribution in [-0.2, 0) is 4.79 Å². The smallest absolute Gasteiger partial charge is 0.236 e. The first-order valence-electron chi connectivity index (χ1n) is 8.60. The molecule has 0 aromatic rings.